The number of benzene rings is 2. The molecule has 2 aromatic rings. The van der Waals surface area contributed by atoms with Crippen molar-refractivity contribution in [3.8, 4) is 0 Å². The van der Waals surface area contributed by atoms with Crippen LogP contribution in [-0.4, -0.2) is 24.1 Å². The second-order valence-corrected chi connectivity index (χ2v) is 6.34. The number of esters is 1. The second kappa shape index (κ2) is 8.06. The minimum Gasteiger partial charge on any atom is -0.467 e. The first-order valence-corrected chi connectivity index (χ1v) is 8.36. The fourth-order valence-electron chi connectivity index (χ4n) is 2.85. The number of hydrogen-bond donors (Lipinski definition) is 0. The molecule has 0 aromatic heterocycles. The molecule has 0 saturated heterocycles. The summed E-state index contributed by atoms with van der Waals surface area (Å²) in [6, 6.07) is 15.6. The predicted octanol–water partition coefficient (Wildman–Crippen LogP) is 4.24. The summed E-state index contributed by atoms with van der Waals surface area (Å²) >= 11 is 5.72. The molecule has 0 amide bonds. The maximum atomic E-state index is 12.2. The summed E-state index contributed by atoms with van der Waals surface area (Å²) in [6.45, 7) is 5.89. The van der Waals surface area contributed by atoms with Gasteiger partial charge < -0.3 is 9.64 Å². The summed E-state index contributed by atoms with van der Waals surface area (Å²) in [7, 11) is 1.40. The first-order chi connectivity index (χ1) is 11.5. The van der Waals surface area contributed by atoms with E-state index in [-0.39, 0.29) is 5.97 Å². The maximum absolute atomic E-state index is 12.2. The maximum Gasteiger partial charge on any atom is 0.328 e. The van der Waals surface area contributed by atoms with Gasteiger partial charge in [-0.3, -0.25) is 0 Å². The molecule has 4 heteroatoms. The summed E-state index contributed by atoms with van der Waals surface area (Å²) in [5.74, 6) is -0.298. The smallest absolute Gasteiger partial charge is 0.328 e. The number of nitrogens with zero attached hydrogens (tertiary/aromatic N) is 1. The van der Waals surface area contributed by atoms with Gasteiger partial charge in [-0.25, -0.2) is 4.79 Å². The number of methoxy groups -OCH3 is 1. The molecular weight excluding hydrogens is 318 g/mol. The van der Waals surface area contributed by atoms with E-state index in [1.54, 1.807) is 0 Å². The lowest BCUT2D eigenvalue weighted by Gasteiger charge is -2.32. The fraction of sp³-hybridized carbons (Fsp3) is 0.300. The van der Waals surface area contributed by atoms with Gasteiger partial charge in [0, 0.05) is 12.1 Å². The Labute approximate surface area is 149 Å². The Morgan fingerprint density at radius 1 is 1.08 bits per heavy atom. The highest BCUT2D eigenvalue weighted by Crippen LogP contribution is 2.28. The second-order valence-electron chi connectivity index (χ2n) is 5.87. The third kappa shape index (κ3) is 4.01. The van der Waals surface area contributed by atoms with E-state index in [2.05, 4.69) is 0 Å². The van der Waals surface area contributed by atoms with E-state index < -0.39 is 6.04 Å². The first-order valence-electron chi connectivity index (χ1n) is 7.95. The number of para-hydroxylation sites is 1. The zero-order valence-electron chi connectivity index (χ0n) is 14.6. The number of ether oxygens (including phenoxy) is 1. The minimum atomic E-state index is -0.481. The number of anilines is 1. The molecule has 0 heterocycles. The molecule has 2 aromatic carbocycles. The van der Waals surface area contributed by atoms with Crippen molar-refractivity contribution in [2.75, 3.05) is 12.0 Å². The van der Waals surface area contributed by atoms with Crippen molar-refractivity contribution in [3.05, 3.63) is 65.2 Å². The lowest BCUT2D eigenvalue weighted by atomic mass is 10.0. The summed E-state index contributed by atoms with van der Waals surface area (Å²) in [5, 5.41) is 0. The van der Waals surface area contributed by atoms with Crippen molar-refractivity contribution in [2.24, 2.45) is 0 Å². The standard InChI is InChI=1S/C20H23NO2S/c1-14-9-8-10-15(2)19(14)21(16(3)20(22)23-4)18(24)13-17-11-6-5-7-12-17/h5-12,16H,13H2,1-4H3. The van der Waals surface area contributed by atoms with Gasteiger partial charge in [0.05, 0.1) is 12.1 Å². The first kappa shape index (κ1) is 18.1. The average molecular weight is 341 g/mol. The monoisotopic (exact) mass is 341 g/mol. The van der Waals surface area contributed by atoms with Crippen molar-refractivity contribution in [2.45, 2.75) is 33.2 Å². The van der Waals surface area contributed by atoms with Crippen LogP contribution < -0.4 is 4.90 Å². The molecule has 0 bridgehead atoms. The van der Waals surface area contributed by atoms with Gasteiger partial charge in [-0.2, -0.15) is 0 Å². The van der Waals surface area contributed by atoms with Crippen LogP contribution >= 0.6 is 12.2 Å². The van der Waals surface area contributed by atoms with Crippen LogP contribution in [0, 0.1) is 13.8 Å². The molecule has 0 aliphatic heterocycles. The summed E-state index contributed by atoms with van der Waals surface area (Å²) < 4.78 is 4.95. The molecule has 0 saturated carbocycles. The van der Waals surface area contributed by atoms with E-state index in [9.17, 15) is 4.79 Å². The lowest BCUT2D eigenvalue weighted by Crippen LogP contribution is -2.44. The van der Waals surface area contributed by atoms with Gasteiger partial charge in [-0.05, 0) is 37.5 Å². The van der Waals surface area contributed by atoms with Crippen LogP contribution in [-0.2, 0) is 16.0 Å². The van der Waals surface area contributed by atoms with E-state index in [0.717, 1.165) is 22.4 Å². The topological polar surface area (TPSA) is 29.5 Å². The highest BCUT2D eigenvalue weighted by atomic mass is 32.1. The predicted molar refractivity (Wildman–Crippen MR) is 103 cm³/mol. The van der Waals surface area contributed by atoms with Crippen molar-refractivity contribution in [1.82, 2.24) is 0 Å². The van der Waals surface area contributed by atoms with E-state index >= 15 is 0 Å². The van der Waals surface area contributed by atoms with Crippen molar-refractivity contribution >= 4 is 28.9 Å². The Balaban J connectivity index is 2.43. The third-order valence-electron chi connectivity index (χ3n) is 4.08. The Morgan fingerprint density at radius 3 is 2.21 bits per heavy atom. The van der Waals surface area contributed by atoms with E-state index in [0.29, 0.717) is 11.4 Å². The number of thiocarbonyl (C=S) groups is 1. The zero-order valence-corrected chi connectivity index (χ0v) is 15.4. The number of aryl methyl sites for hydroxylation is 2. The van der Waals surface area contributed by atoms with Gasteiger partial charge >= 0.3 is 5.97 Å². The molecule has 0 radical (unpaired) electrons. The molecule has 3 nitrogen and oxygen atoms in total. The Morgan fingerprint density at radius 2 is 1.67 bits per heavy atom. The quantitative estimate of drug-likeness (QED) is 0.601. The van der Waals surface area contributed by atoms with Crippen LogP contribution in [0.15, 0.2) is 48.5 Å². The van der Waals surface area contributed by atoms with Crippen LogP contribution in [0.1, 0.15) is 23.6 Å². The fourth-order valence-corrected chi connectivity index (χ4v) is 3.27. The molecule has 1 unspecified atom stereocenters. The van der Waals surface area contributed by atoms with Gasteiger partial charge in [-0.1, -0.05) is 60.7 Å². The van der Waals surface area contributed by atoms with Crippen LogP contribution in [0.25, 0.3) is 0 Å². The third-order valence-corrected chi connectivity index (χ3v) is 4.42. The SMILES string of the molecule is COC(=O)C(C)N(C(=S)Cc1ccccc1)c1c(C)cccc1C. The minimum absolute atomic E-state index is 0.298. The van der Waals surface area contributed by atoms with Crippen LogP contribution in [0.5, 0.6) is 0 Å². The van der Waals surface area contributed by atoms with Crippen molar-refractivity contribution < 1.29 is 9.53 Å². The van der Waals surface area contributed by atoms with Gasteiger partial charge in [0.25, 0.3) is 0 Å². The highest BCUT2D eigenvalue weighted by Gasteiger charge is 2.27. The number of hydrogen-bond acceptors (Lipinski definition) is 3. The highest BCUT2D eigenvalue weighted by molar-refractivity contribution is 7.80. The molecule has 1 atom stereocenters. The van der Waals surface area contributed by atoms with E-state index in [1.807, 2.05) is 74.2 Å². The lowest BCUT2D eigenvalue weighted by molar-refractivity contribution is -0.141. The largest absolute Gasteiger partial charge is 0.467 e. The van der Waals surface area contributed by atoms with Crippen LogP contribution in [0.4, 0.5) is 5.69 Å². The average Bonchev–Trinajstić information content (AvgIpc) is 2.57. The van der Waals surface area contributed by atoms with Gasteiger partial charge in [-0.15, -0.1) is 0 Å². The van der Waals surface area contributed by atoms with Gasteiger partial charge in [0.1, 0.15) is 6.04 Å². The molecule has 0 aliphatic carbocycles. The molecule has 0 spiro atoms. The molecule has 0 aliphatic rings. The molecule has 126 valence electrons. The zero-order chi connectivity index (χ0) is 17.7. The van der Waals surface area contributed by atoms with E-state index in [4.69, 9.17) is 17.0 Å². The molecule has 24 heavy (non-hydrogen) atoms. The molecule has 2 rings (SSSR count). The molecule has 0 N–H and O–H groups in total. The normalized spacial score (nSPS) is 11.7. The number of carbonyl (C=O) groups excluding carboxylic acids is 1. The van der Waals surface area contributed by atoms with E-state index in [1.165, 1.54) is 7.11 Å². The Kier molecular flexibility index (Phi) is 6.10. The molecular formula is C20H23NO2S. The van der Waals surface area contributed by atoms with Gasteiger partial charge in [0.15, 0.2) is 0 Å². The summed E-state index contributed by atoms with van der Waals surface area (Å²) in [4.78, 5) is 14.8. The Bertz CT molecular complexity index is 707. The Hall–Kier alpha value is -2.20. The van der Waals surface area contributed by atoms with Crippen molar-refractivity contribution in [1.29, 1.82) is 0 Å². The van der Waals surface area contributed by atoms with Crippen LogP contribution in [0.2, 0.25) is 0 Å². The summed E-state index contributed by atoms with van der Waals surface area (Å²) in [5.41, 5.74) is 4.27. The van der Waals surface area contributed by atoms with Crippen LogP contribution in [0.3, 0.4) is 0 Å². The molecule has 0 fully saturated rings. The number of carbonyl (C=O) groups is 1. The summed E-state index contributed by atoms with van der Waals surface area (Å²) in [6.07, 6.45) is 0.602. The van der Waals surface area contributed by atoms with Gasteiger partial charge in [0.2, 0.25) is 0 Å². The van der Waals surface area contributed by atoms with Crippen molar-refractivity contribution in [3.63, 3.8) is 0 Å². The number of rotatable bonds is 5.